The van der Waals surface area contributed by atoms with Gasteiger partial charge in [-0.05, 0) is 52.3 Å². The molecule has 1 aromatic rings. The third-order valence-corrected chi connectivity index (χ3v) is 4.20. The Labute approximate surface area is 99.0 Å². The van der Waals surface area contributed by atoms with Gasteiger partial charge in [-0.2, -0.15) is 0 Å². The predicted molar refractivity (Wildman–Crippen MR) is 67.9 cm³/mol. The van der Waals surface area contributed by atoms with Crippen molar-refractivity contribution >= 4 is 27.3 Å². The van der Waals surface area contributed by atoms with Crippen molar-refractivity contribution in [2.24, 2.45) is 5.92 Å². The first-order chi connectivity index (χ1) is 6.67. The van der Waals surface area contributed by atoms with Gasteiger partial charge in [0.25, 0.3) is 0 Å². The molecule has 14 heavy (non-hydrogen) atoms. The molecule has 3 heteroatoms. The van der Waals surface area contributed by atoms with Crippen molar-refractivity contribution in [1.82, 2.24) is 5.32 Å². The van der Waals surface area contributed by atoms with Crippen LogP contribution in [0.2, 0.25) is 0 Å². The van der Waals surface area contributed by atoms with Gasteiger partial charge < -0.3 is 5.32 Å². The van der Waals surface area contributed by atoms with Crippen molar-refractivity contribution in [1.29, 1.82) is 0 Å². The second-order valence-electron chi connectivity index (χ2n) is 3.77. The number of rotatable bonds is 5. The molecule has 0 bridgehead atoms. The van der Waals surface area contributed by atoms with E-state index in [0.29, 0.717) is 6.04 Å². The van der Waals surface area contributed by atoms with Crippen LogP contribution in [0.1, 0.15) is 38.3 Å². The van der Waals surface area contributed by atoms with Gasteiger partial charge in [-0.15, -0.1) is 11.3 Å². The summed E-state index contributed by atoms with van der Waals surface area (Å²) in [5.41, 5.74) is 1.41. The number of hydrogen-bond donors (Lipinski definition) is 1. The predicted octanol–water partition coefficient (Wildman–Crippen LogP) is 4.21. The average molecular weight is 276 g/mol. The van der Waals surface area contributed by atoms with Gasteiger partial charge in [0.2, 0.25) is 0 Å². The van der Waals surface area contributed by atoms with Crippen LogP contribution >= 0.6 is 27.3 Å². The smallest absolute Gasteiger partial charge is 0.0701 e. The van der Waals surface area contributed by atoms with Crippen molar-refractivity contribution in [2.45, 2.75) is 32.7 Å². The van der Waals surface area contributed by atoms with E-state index in [2.05, 4.69) is 46.5 Å². The Kier molecular flexibility index (Phi) is 5.13. The highest BCUT2D eigenvalue weighted by molar-refractivity contribution is 9.11. The first kappa shape index (κ1) is 12.2. The van der Waals surface area contributed by atoms with Crippen LogP contribution in [-0.2, 0) is 0 Å². The van der Waals surface area contributed by atoms with Gasteiger partial charge in [0.15, 0.2) is 0 Å². The molecule has 2 unspecified atom stereocenters. The molecular formula is C11H18BrNS. The van der Waals surface area contributed by atoms with Crippen LogP contribution in [0.25, 0.3) is 0 Å². The second kappa shape index (κ2) is 5.89. The van der Waals surface area contributed by atoms with E-state index in [1.807, 2.05) is 7.05 Å². The normalized spacial score (nSPS) is 15.4. The molecule has 80 valence electrons. The minimum Gasteiger partial charge on any atom is -0.313 e. The van der Waals surface area contributed by atoms with Gasteiger partial charge in [0.05, 0.1) is 3.79 Å². The Morgan fingerprint density at radius 2 is 2.29 bits per heavy atom. The quantitative estimate of drug-likeness (QED) is 0.849. The Balaban J connectivity index is 2.62. The van der Waals surface area contributed by atoms with Crippen LogP contribution in [0.15, 0.2) is 15.2 Å². The van der Waals surface area contributed by atoms with E-state index in [1.54, 1.807) is 11.3 Å². The van der Waals surface area contributed by atoms with E-state index in [0.717, 1.165) is 5.92 Å². The molecule has 2 atom stereocenters. The Morgan fingerprint density at radius 3 is 2.71 bits per heavy atom. The minimum atomic E-state index is 0.507. The molecule has 0 aliphatic rings. The fraction of sp³-hybridized carbons (Fsp3) is 0.636. The van der Waals surface area contributed by atoms with Crippen molar-refractivity contribution in [3.8, 4) is 0 Å². The summed E-state index contributed by atoms with van der Waals surface area (Å²) in [6, 6.07) is 2.72. The highest BCUT2D eigenvalue weighted by atomic mass is 79.9. The molecule has 0 radical (unpaired) electrons. The Bertz CT molecular complexity index is 272. The fourth-order valence-electron chi connectivity index (χ4n) is 1.50. The maximum absolute atomic E-state index is 3.50. The van der Waals surface area contributed by atoms with Crippen LogP contribution in [0, 0.1) is 5.92 Å². The summed E-state index contributed by atoms with van der Waals surface area (Å²) in [7, 11) is 2.04. The third-order valence-electron chi connectivity index (χ3n) is 2.67. The van der Waals surface area contributed by atoms with E-state index in [1.165, 1.54) is 22.2 Å². The standard InChI is InChI=1S/C11H18BrNS/c1-4-8(2)5-10(13-3)9-6-11(12)14-7-9/h6-8,10,13H,4-5H2,1-3H3. The van der Waals surface area contributed by atoms with Gasteiger partial charge in [-0.1, -0.05) is 20.3 Å². The molecule has 1 aromatic heterocycles. The molecule has 0 fully saturated rings. The Hall–Kier alpha value is 0.140. The summed E-state index contributed by atoms with van der Waals surface area (Å²) in [6.45, 7) is 4.56. The second-order valence-corrected chi connectivity index (χ2v) is 6.07. The summed E-state index contributed by atoms with van der Waals surface area (Å²) in [4.78, 5) is 0. The lowest BCUT2D eigenvalue weighted by Gasteiger charge is -2.18. The maximum atomic E-state index is 3.50. The summed E-state index contributed by atoms with van der Waals surface area (Å²) in [5.74, 6) is 0.783. The first-order valence-corrected chi connectivity index (χ1v) is 6.75. The van der Waals surface area contributed by atoms with Crippen LogP contribution in [0.3, 0.4) is 0 Å². The topological polar surface area (TPSA) is 12.0 Å². The summed E-state index contributed by atoms with van der Waals surface area (Å²) < 4.78 is 1.22. The van der Waals surface area contributed by atoms with Gasteiger partial charge in [-0.3, -0.25) is 0 Å². The molecule has 1 rings (SSSR count). The number of hydrogen-bond acceptors (Lipinski definition) is 2. The maximum Gasteiger partial charge on any atom is 0.0701 e. The van der Waals surface area contributed by atoms with Gasteiger partial charge in [0.1, 0.15) is 0 Å². The molecule has 0 saturated carbocycles. The van der Waals surface area contributed by atoms with Crippen LogP contribution < -0.4 is 5.32 Å². The lowest BCUT2D eigenvalue weighted by Crippen LogP contribution is -2.18. The van der Waals surface area contributed by atoms with Crippen LogP contribution in [0.5, 0.6) is 0 Å². The first-order valence-electron chi connectivity index (χ1n) is 5.08. The zero-order valence-corrected chi connectivity index (χ0v) is 11.4. The SMILES string of the molecule is CCC(C)CC(NC)c1csc(Br)c1. The summed E-state index contributed by atoms with van der Waals surface area (Å²) >= 11 is 5.26. The van der Waals surface area contributed by atoms with E-state index >= 15 is 0 Å². The van der Waals surface area contributed by atoms with E-state index < -0.39 is 0 Å². The molecular weight excluding hydrogens is 258 g/mol. The monoisotopic (exact) mass is 275 g/mol. The van der Waals surface area contributed by atoms with Crippen molar-refractivity contribution in [3.63, 3.8) is 0 Å². The van der Waals surface area contributed by atoms with E-state index in [-0.39, 0.29) is 0 Å². The number of nitrogens with one attached hydrogen (secondary N) is 1. The minimum absolute atomic E-state index is 0.507. The van der Waals surface area contributed by atoms with Gasteiger partial charge in [-0.25, -0.2) is 0 Å². The fourth-order valence-corrected chi connectivity index (χ4v) is 2.73. The molecule has 0 saturated heterocycles. The largest absolute Gasteiger partial charge is 0.313 e. The highest BCUT2D eigenvalue weighted by Crippen LogP contribution is 2.29. The molecule has 1 heterocycles. The molecule has 0 aliphatic carbocycles. The van der Waals surface area contributed by atoms with E-state index in [4.69, 9.17) is 0 Å². The van der Waals surface area contributed by atoms with Gasteiger partial charge in [0, 0.05) is 6.04 Å². The average Bonchev–Trinajstić information content (AvgIpc) is 2.60. The zero-order chi connectivity index (χ0) is 10.6. The van der Waals surface area contributed by atoms with Crippen molar-refractivity contribution in [3.05, 3.63) is 20.8 Å². The highest BCUT2D eigenvalue weighted by Gasteiger charge is 2.13. The van der Waals surface area contributed by atoms with Crippen molar-refractivity contribution in [2.75, 3.05) is 7.05 Å². The Morgan fingerprint density at radius 1 is 1.57 bits per heavy atom. The number of halogens is 1. The lowest BCUT2D eigenvalue weighted by atomic mass is 9.96. The van der Waals surface area contributed by atoms with Crippen molar-refractivity contribution < 1.29 is 0 Å². The summed E-state index contributed by atoms with van der Waals surface area (Å²) in [6.07, 6.45) is 2.47. The molecule has 1 N–H and O–H groups in total. The molecule has 0 spiro atoms. The lowest BCUT2D eigenvalue weighted by molar-refractivity contribution is 0.422. The molecule has 0 aromatic carbocycles. The van der Waals surface area contributed by atoms with Gasteiger partial charge >= 0.3 is 0 Å². The van der Waals surface area contributed by atoms with Crippen LogP contribution in [0.4, 0.5) is 0 Å². The molecule has 1 nitrogen and oxygen atoms in total. The van der Waals surface area contributed by atoms with E-state index in [9.17, 15) is 0 Å². The summed E-state index contributed by atoms with van der Waals surface area (Å²) in [5, 5.41) is 5.61. The zero-order valence-electron chi connectivity index (χ0n) is 9.01. The van der Waals surface area contributed by atoms with Crippen LogP contribution in [-0.4, -0.2) is 7.05 Å². The number of thiophene rings is 1. The molecule has 0 aliphatic heterocycles. The molecule has 0 amide bonds. The third kappa shape index (κ3) is 3.37.